The zero-order valence-corrected chi connectivity index (χ0v) is 27.3. The molecule has 3 heteroatoms. The third-order valence-corrected chi connectivity index (χ3v) is 11.6. The van der Waals surface area contributed by atoms with E-state index in [2.05, 4.69) is 92.7 Å². The van der Waals surface area contributed by atoms with Gasteiger partial charge in [-0.2, -0.15) is 0 Å². The number of ether oxygens (including phenoxy) is 1. The third kappa shape index (κ3) is 3.57. The van der Waals surface area contributed by atoms with Crippen LogP contribution in [-0.4, -0.2) is 0 Å². The second-order valence-corrected chi connectivity index (χ2v) is 13.6. The summed E-state index contributed by atoms with van der Waals surface area (Å²) in [6.07, 6.45) is 5.98. The Bertz CT molecular complexity index is 2550. The zero-order chi connectivity index (χ0) is 33.1. The quantitative estimate of drug-likeness (QED) is 0.186. The monoisotopic (exact) mass is 638 g/mol. The van der Waals surface area contributed by atoms with Gasteiger partial charge in [0.25, 0.3) is 0 Å². The van der Waals surface area contributed by atoms with E-state index in [-0.39, 0.29) is 11.6 Å². The summed E-state index contributed by atoms with van der Waals surface area (Å²) in [6, 6.07) is 40.1. The van der Waals surface area contributed by atoms with Crippen molar-refractivity contribution in [2.24, 2.45) is 0 Å². The van der Waals surface area contributed by atoms with Crippen LogP contribution in [0.2, 0.25) is 0 Å². The molecule has 0 saturated heterocycles. The molecular formula is C46H32F2O. The Morgan fingerprint density at radius 3 is 2.02 bits per heavy atom. The van der Waals surface area contributed by atoms with E-state index in [0.29, 0.717) is 5.75 Å². The highest BCUT2D eigenvalue weighted by Gasteiger charge is 2.47. The largest absolute Gasteiger partial charge is 0.472 e. The molecule has 0 bridgehead atoms. The van der Waals surface area contributed by atoms with Crippen molar-refractivity contribution in [1.29, 1.82) is 0 Å². The molecule has 49 heavy (non-hydrogen) atoms. The van der Waals surface area contributed by atoms with Crippen LogP contribution in [0.3, 0.4) is 0 Å². The van der Waals surface area contributed by atoms with Crippen molar-refractivity contribution in [1.82, 2.24) is 0 Å². The average Bonchev–Trinajstić information content (AvgIpc) is 3.63. The summed E-state index contributed by atoms with van der Waals surface area (Å²) in [5.74, 6) is 0.0904. The summed E-state index contributed by atoms with van der Waals surface area (Å²) in [5.41, 5.74) is 10.6. The Kier molecular flexibility index (Phi) is 5.81. The first-order valence-electron chi connectivity index (χ1n) is 17.2. The molecule has 1 aliphatic heterocycles. The van der Waals surface area contributed by atoms with Gasteiger partial charge in [-0.25, -0.2) is 8.78 Å². The smallest absolute Gasteiger partial charge is 0.178 e. The first-order valence-corrected chi connectivity index (χ1v) is 17.2. The summed E-state index contributed by atoms with van der Waals surface area (Å²) >= 11 is 0. The van der Waals surface area contributed by atoms with Crippen LogP contribution < -0.4 is 4.74 Å². The lowest BCUT2D eigenvalue weighted by Crippen LogP contribution is -2.35. The Morgan fingerprint density at radius 1 is 0.571 bits per heavy atom. The SMILES string of the molecule is CCC1(CC)c2cc(F)ccc2-c2c1c1c(c3cc(F)ccc23)OC(c2ccccc2)(c2ccc3c4c(cccc24)-c2ccccc2-3)C=C1. The molecule has 0 saturated carbocycles. The van der Waals surface area contributed by atoms with Crippen molar-refractivity contribution in [2.75, 3.05) is 0 Å². The van der Waals surface area contributed by atoms with Crippen molar-refractivity contribution in [3.63, 3.8) is 0 Å². The highest BCUT2D eigenvalue weighted by molar-refractivity contribution is 6.16. The summed E-state index contributed by atoms with van der Waals surface area (Å²) in [6.45, 7) is 4.36. The third-order valence-electron chi connectivity index (χ3n) is 11.6. The molecule has 236 valence electrons. The van der Waals surface area contributed by atoms with Gasteiger partial charge in [0.15, 0.2) is 5.60 Å². The van der Waals surface area contributed by atoms with Gasteiger partial charge in [-0.05, 0) is 104 Å². The van der Waals surface area contributed by atoms with E-state index in [0.717, 1.165) is 67.9 Å². The minimum atomic E-state index is -1.01. The number of benzene rings is 7. The molecule has 7 aromatic carbocycles. The van der Waals surface area contributed by atoms with E-state index in [1.807, 2.05) is 30.3 Å². The van der Waals surface area contributed by atoms with Crippen LogP contribution in [0, 0.1) is 11.6 Å². The second kappa shape index (κ2) is 9.99. The van der Waals surface area contributed by atoms with E-state index >= 15 is 4.39 Å². The molecule has 7 aromatic rings. The lowest BCUT2D eigenvalue weighted by Gasteiger charge is -2.40. The standard InChI is InChI=1S/C46H32F2O/c1-3-45(4-2)40-26-29(48)18-20-36(40)42-34-19-17-28(47)25-38(34)44-37(43(42)45)23-24-46(49-44,27-11-6-5-7-12-27)39-22-21-33-31-14-9-8-13-30(31)32-15-10-16-35(39)41(32)33/h5-26H,3-4H2,1-2H3. The molecular weight excluding hydrogens is 607 g/mol. The van der Waals surface area contributed by atoms with Crippen molar-refractivity contribution in [3.05, 3.63) is 167 Å². The van der Waals surface area contributed by atoms with Crippen LogP contribution in [0.1, 0.15) is 54.5 Å². The average molecular weight is 639 g/mol. The van der Waals surface area contributed by atoms with E-state index < -0.39 is 11.0 Å². The molecule has 0 spiro atoms. The predicted molar refractivity (Wildman–Crippen MR) is 196 cm³/mol. The number of fused-ring (bicyclic) bond motifs is 11. The minimum absolute atomic E-state index is 0.244. The second-order valence-electron chi connectivity index (χ2n) is 13.6. The number of halogens is 2. The normalized spacial score (nSPS) is 17.5. The molecule has 0 fully saturated rings. The number of hydrogen-bond donors (Lipinski definition) is 0. The molecule has 1 unspecified atom stereocenters. The predicted octanol–water partition coefficient (Wildman–Crippen LogP) is 12.4. The lowest BCUT2D eigenvalue weighted by molar-refractivity contribution is 0.165. The molecule has 10 rings (SSSR count). The Labute approximate surface area is 284 Å². The van der Waals surface area contributed by atoms with Crippen molar-refractivity contribution in [3.8, 4) is 39.1 Å². The molecule has 0 amide bonds. The van der Waals surface area contributed by atoms with Crippen LogP contribution in [0.15, 0.2) is 127 Å². The number of rotatable bonds is 4. The van der Waals surface area contributed by atoms with Crippen molar-refractivity contribution < 1.29 is 13.5 Å². The number of hydrogen-bond acceptors (Lipinski definition) is 1. The van der Waals surface area contributed by atoms with Crippen LogP contribution >= 0.6 is 0 Å². The molecule has 2 aliphatic carbocycles. The molecule has 0 radical (unpaired) electrons. The lowest BCUT2D eigenvalue weighted by atomic mass is 9.71. The van der Waals surface area contributed by atoms with E-state index in [1.54, 1.807) is 18.2 Å². The maximum Gasteiger partial charge on any atom is 0.178 e. The topological polar surface area (TPSA) is 9.23 Å². The van der Waals surface area contributed by atoms with Gasteiger partial charge in [-0.3, -0.25) is 0 Å². The van der Waals surface area contributed by atoms with E-state index in [1.165, 1.54) is 33.7 Å². The minimum Gasteiger partial charge on any atom is -0.472 e. The fraction of sp³-hybridized carbons (Fsp3) is 0.130. The van der Waals surface area contributed by atoms with Crippen LogP contribution in [0.25, 0.3) is 61.0 Å². The van der Waals surface area contributed by atoms with Gasteiger partial charge >= 0.3 is 0 Å². The van der Waals surface area contributed by atoms with Gasteiger partial charge < -0.3 is 4.74 Å². The highest BCUT2D eigenvalue weighted by Crippen LogP contribution is 2.61. The molecule has 0 aromatic heterocycles. The van der Waals surface area contributed by atoms with Gasteiger partial charge in [0.1, 0.15) is 17.4 Å². The summed E-state index contributed by atoms with van der Waals surface area (Å²) in [4.78, 5) is 0. The molecule has 1 nitrogen and oxygen atoms in total. The van der Waals surface area contributed by atoms with Crippen molar-refractivity contribution in [2.45, 2.75) is 37.7 Å². The fourth-order valence-electron chi connectivity index (χ4n) is 9.41. The summed E-state index contributed by atoms with van der Waals surface area (Å²) < 4.78 is 37.9. The molecule has 3 aliphatic rings. The van der Waals surface area contributed by atoms with Gasteiger partial charge in [-0.15, -0.1) is 0 Å². The first-order chi connectivity index (χ1) is 24.0. The van der Waals surface area contributed by atoms with E-state index in [9.17, 15) is 4.39 Å². The summed E-state index contributed by atoms with van der Waals surface area (Å²) in [5, 5.41) is 3.98. The van der Waals surface area contributed by atoms with Crippen LogP contribution in [0.4, 0.5) is 8.78 Å². The van der Waals surface area contributed by atoms with Crippen LogP contribution in [0.5, 0.6) is 5.75 Å². The zero-order valence-electron chi connectivity index (χ0n) is 27.3. The molecule has 1 heterocycles. The summed E-state index contributed by atoms with van der Waals surface area (Å²) in [7, 11) is 0. The van der Waals surface area contributed by atoms with Gasteiger partial charge in [0.2, 0.25) is 0 Å². The Morgan fingerprint density at radius 2 is 1.24 bits per heavy atom. The Hall–Kier alpha value is -5.54. The molecule has 1 atom stereocenters. The van der Waals surface area contributed by atoms with Crippen molar-refractivity contribution >= 4 is 27.6 Å². The van der Waals surface area contributed by atoms with Crippen LogP contribution in [-0.2, 0) is 11.0 Å². The first kappa shape index (κ1) is 28.5. The fourth-order valence-corrected chi connectivity index (χ4v) is 9.41. The Balaban J connectivity index is 1.31. The maximum atomic E-state index is 15.3. The van der Waals surface area contributed by atoms with Gasteiger partial charge in [-0.1, -0.05) is 117 Å². The highest BCUT2D eigenvalue weighted by atomic mass is 19.1. The maximum absolute atomic E-state index is 15.3. The van der Waals surface area contributed by atoms with E-state index in [4.69, 9.17) is 4.74 Å². The van der Waals surface area contributed by atoms with Gasteiger partial charge in [0.05, 0.1) is 0 Å². The van der Waals surface area contributed by atoms with Gasteiger partial charge in [0, 0.05) is 27.5 Å². The molecule has 0 N–H and O–H groups in total.